The van der Waals surface area contributed by atoms with Gasteiger partial charge in [-0.2, -0.15) is 0 Å². The van der Waals surface area contributed by atoms with Crippen LogP contribution in [0.1, 0.15) is 18.4 Å². The van der Waals surface area contributed by atoms with Gasteiger partial charge in [0.15, 0.2) is 0 Å². The van der Waals surface area contributed by atoms with Gasteiger partial charge in [-0.15, -0.1) is 0 Å². The van der Waals surface area contributed by atoms with E-state index in [0.717, 1.165) is 0 Å². The Morgan fingerprint density at radius 2 is 2.17 bits per heavy atom. The van der Waals surface area contributed by atoms with Gasteiger partial charge in [-0.3, -0.25) is 4.79 Å². The topological polar surface area (TPSA) is 57.5 Å². The highest BCUT2D eigenvalue weighted by atomic mass is 16.4. The molecule has 0 amide bonds. The normalized spacial score (nSPS) is 12.4. The second-order valence-corrected chi connectivity index (χ2v) is 2.65. The molecule has 0 saturated carbocycles. The summed E-state index contributed by atoms with van der Waals surface area (Å²) in [5.41, 5.74) is 0.613. The predicted molar refractivity (Wildman–Crippen MR) is 44.2 cm³/mol. The van der Waals surface area contributed by atoms with Gasteiger partial charge in [0.2, 0.25) is 0 Å². The van der Waals surface area contributed by atoms with Gasteiger partial charge in [0.1, 0.15) is 5.75 Å². The number of carboxylic acids is 1. The molecule has 1 atom stereocenters. The Kier molecular flexibility index (Phi) is 2.33. The monoisotopic (exact) mass is 166 g/mol. The number of rotatable bonds is 2. The third-order valence-corrected chi connectivity index (χ3v) is 1.74. The molecule has 0 saturated heterocycles. The Labute approximate surface area is 70.3 Å². The van der Waals surface area contributed by atoms with Crippen molar-refractivity contribution in [1.82, 2.24) is 0 Å². The highest BCUT2D eigenvalue weighted by molar-refractivity contribution is 5.75. The first-order chi connectivity index (χ1) is 5.61. The molecule has 1 aromatic carbocycles. The fourth-order valence-electron chi connectivity index (χ4n) is 0.937. The molecule has 3 nitrogen and oxygen atoms in total. The van der Waals surface area contributed by atoms with Crippen molar-refractivity contribution in [2.45, 2.75) is 12.8 Å². The molecule has 0 radical (unpaired) electrons. The Hall–Kier alpha value is -1.51. The van der Waals surface area contributed by atoms with Gasteiger partial charge in [-0.05, 0) is 24.6 Å². The number of aliphatic carboxylic acids is 1. The molecule has 0 spiro atoms. The lowest BCUT2D eigenvalue weighted by Gasteiger charge is -2.05. The van der Waals surface area contributed by atoms with E-state index < -0.39 is 11.9 Å². The highest BCUT2D eigenvalue weighted by Crippen LogP contribution is 2.19. The van der Waals surface area contributed by atoms with Crippen molar-refractivity contribution in [2.24, 2.45) is 0 Å². The molecule has 64 valence electrons. The largest absolute Gasteiger partial charge is 0.508 e. The van der Waals surface area contributed by atoms with Crippen molar-refractivity contribution in [3.05, 3.63) is 29.8 Å². The molecule has 0 unspecified atom stereocenters. The van der Waals surface area contributed by atoms with Crippen LogP contribution in [-0.2, 0) is 4.79 Å². The fourth-order valence-corrected chi connectivity index (χ4v) is 0.937. The molecule has 2 N–H and O–H groups in total. The minimum atomic E-state index is -0.888. The Bertz CT molecular complexity index is 294. The summed E-state index contributed by atoms with van der Waals surface area (Å²) in [4.78, 5) is 10.5. The second-order valence-electron chi connectivity index (χ2n) is 2.65. The molecular formula is C9H10O3. The van der Waals surface area contributed by atoms with E-state index in [2.05, 4.69) is 0 Å². The first-order valence-electron chi connectivity index (χ1n) is 3.63. The average Bonchev–Trinajstić information content (AvgIpc) is 2.03. The summed E-state index contributed by atoms with van der Waals surface area (Å²) in [6.07, 6.45) is 0. The molecule has 0 aliphatic carbocycles. The molecule has 12 heavy (non-hydrogen) atoms. The van der Waals surface area contributed by atoms with Crippen LogP contribution in [0.5, 0.6) is 5.75 Å². The zero-order chi connectivity index (χ0) is 9.14. The fraction of sp³-hybridized carbons (Fsp3) is 0.222. The molecule has 0 heterocycles. The summed E-state index contributed by atoms with van der Waals surface area (Å²) in [5.74, 6) is -1.36. The summed E-state index contributed by atoms with van der Waals surface area (Å²) in [7, 11) is 0. The quantitative estimate of drug-likeness (QED) is 0.701. The molecule has 0 aliphatic rings. The number of benzene rings is 1. The first-order valence-corrected chi connectivity index (χ1v) is 3.63. The van der Waals surface area contributed by atoms with Gasteiger partial charge >= 0.3 is 5.97 Å². The van der Waals surface area contributed by atoms with Gasteiger partial charge in [-0.1, -0.05) is 12.1 Å². The van der Waals surface area contributed by atoms with Crippen LogP contribution < -0.4 is 0 Å². The lowest BCUT2D eigenvalue weighted by Crippen LogP contribution is -2.06. The number of aromatic hydroxyl groups is 1. The van der Waals surface area contributed by atoms with Crippen LogP contribution in [0.2, 0.25) is 0 Å². The summed E-state index contributed by atoms with van der Waals surface area (Å²) in [5, 5.41) is 17.7. The van der Waals surface area contributed by atoms with Gasteiger partial charge in [0.05, 0.1) is 5.92 Å². The lowest BCUT2D eigenvalue weighted by molar-refractivity contribution is -0.138. The SMILES string of the molecule is C[C@@H](C(=O)O)c1cccc(O)c1. The lowest BCUT2D eigenvalue weighted by atomic mass is 10.0. The van der Waals surface area contributed by atoms with Crippen molar-refractivity contribution in [3.8, 4) is 5.75 Å². The molecule has 0 bridgehead atoms. The van der Waals surface area contributed by atoms with Crippen LogP contribution in [0.4, 0.5) is 0 Å². The Balaban J connectivity index is 2.95. The van der Waals surface area contributed by atoms with Crippen LogP contribution in [0.15, 0.2) is 24.3 Å². The van der Waals surface area contributed by atoms with Crippen LogP contribution in [0.3, 0.4) is 0 Å². The van der Waals surface area contributed by atoms with E-state index in [-0.39, 0.29) is 5.75 Å². The van der Waals surface area contributed by atoms with Gasteiger partial charge < -0.3 is 10.2 Å². The molecular weight excluding hydrogens is 156 g/mol. The van der Waals surface area contributed by atoms with Crippen LogP contribution in [-0.4, -0.2) is 16.2 Å². The number of phenols is 1. The third kappa shape index (κ3) is 1.75. The number of hydrogen-bond acceptors (Lipinski definition) is 2. The van der Waals surface area contributed by atoms with E-state index >= 15 is 0 Å². The van der Waals surface area contributed by atoms with E-state index in [9.17, 15) is 4.79 Å². The predicted octanol–water partition coefficient (Wildman–Crippen LogP) is 1.58. The standard InChI is InChI=1S/C9H10O3/c1-6(9(11)12)7-3-2-4-8(10)5-7/h2-6,10H,1H3,(H,11,12)/t6-/m1/s1. The summed E-state index contributed by atoms with van der Waals surface area (Å²) >= 11 is 0. The molecule has 0 aliphatic heterocycles. The second kappa shape index (κ2) is 3.26. The van der Waals surface area contributed by atoms with Gasteiger partial charge in [0.25, 0.3) is 0 Å². The van der Waals surface area contributed by atoms with Gasteiger partial charge in [0, 0.05) is 0 Å². The minimum Gasteiger partial charge on any atom is -0.508 e. The van der Waals surface area contributed by atoms with Crippen molar-refractivity contribution in [2.75, 3.05) is 0 Å². The minimum absolute atomic E-state index is 0.0978. The Morgan fingerprint density at radius 1 is 1.50 bits per heavy atom. The van der Waals surface area contributed by atoms with E-state index in [1.807, 2.05) is 0 Å². The van der Waals surface area contributed by atoms with Crippen molar-refractivity contribution >= 4 is 5.97 Å². The van der Waals surface area contributed by atoms with E-state index in [1.165, 1.54) is 12.1 Å². The molecule has 1 aromatic rings. The highest BCUT2D eigenvalue weighted by Gasteiger charge is 2.13. The summed E-state index contributed by atoms with van der Waals surface area (Å²) < 4.78 is 0. The van der Waals surface area contributed by atoms with Crippen LogP contribution in [0.25, 0.3) is 0 Å². The summed E-state index contributed by atoms with van der Waals surface area (Å²) in [6.45, 7) is 1.58. The maximum Gasteiger partial charge on any atom is 0.310 e. The average molecular weight is 166 g/mol. The molecule has 0 aromatic heterocycles. The smallest absolute Gasteiger partial charge is 0.310 e. The number of phenolic OH excluding ortho intramolecular Hbond substituents is 1. The number of hydrogen-bond donors (Lipinski definition) is 2. The van der Waals surface area contributed by atoms with Crippen molar-refractivity contribution in [3.63, 3.8) is 0 Å². The van der Waals surface area contributed by atoms with E-state index in [0.29, 0.717) is 5.56 Å². The molecule has 1 rings (SSSR count). The van der Waals surface area contributed by atoms with Crippen molar-refractivity contribution < 1.29 is 15.0 Å². The third-order valence-electron chi connectivity index (χ3n) is 1.74. The van der Waals surface area contributed by atoms with Crippen molar-refractivity contribution in [1.29, 1.82) is 0 Å². The first kappa shape index (κ1) is 8.59. The van der Waals surface area contributed by atoms with Crippen LogP contribution >= 0.6 is 0 Å². The summed E-state index contributed by atoms with van der Waals surface area (Å²) in [6, 6.07) is 6.28. The van der Waals surface area contributed by atoms with Crippen LogP contribution in [0, 0.1) is 0 Å². The zero-order valence-electron chi connectivity index (χ0n) is 6.69. The molecule has 3 heteroatoms. The maximum atomic E-state index is 10.5. The van der Waals surface area contributed by atoms with E-state index in [4.69, 9.17) is 10.2 Å². The Morgan fingerprint density at radius 3 is 2.67 bits per heavy atom. The number of carbonyl (C=O) groups is 1. The number of carboxylic acid groups (broad SMARTS) is 1. The zero-order valence-corrected chi connectivity index (χ0v) is 6.69. The molecule has 0 fully saturated rings. The van der Waals surface area contributed by atoms with E-state index in [1.54, 1.807) is 19.1 Å². The van der Waals surface area contributed by atoms with Gasteiger partial charge in [-0.25, -0.2) is 0 Å². The maximum absolute atomic E-state index is 10.5.